The average Bonchev–Trinajstić information content (AvgIpc) is 2.33. The maximum atomic E-state index is 4.40. The zero-order valence-electron chi connectivity index (χ0n) is 7.46. The molecular formula is C10H13NS. The van der Waals surface area contributed by atoms with E-state index in [1.165, 1.54) is 22.4 Å². The first kappa shape index (κ1) is 7.99. The first-order valence-corrected chi connectivity index (χ1v) is 4.65. The second kappa shape index (κ2) is 2.70. The van der Waals surface area contributed by atoms with Gasteiger partial charge in [-0.1, -0.05) is 18.9 Å². The topological polar surface area (TPSA) is 3.24 Å². The predicted molar refractivity (Wildman–Crippen MR) is 56.0 cm³/mol. The van der Waals surface area contributed by atoms with Gasteiger partial charge >= 0.3 is 0 Å². The van der Waals surface area contributed by atoms with Crippen molar-refractivity contribution in [2.75, 3.05) is 10.8 Å². The standard InChI is InChI=1S/C10H13NS/c1-7-5-8(2)9-3-4-11(12)10(9)6-7/h5-6,12H,3-4H2,1-2H3. The Bertz CT molecular complexity index is 320. The molecule has 0 fully saturated rings. The van der Waals surface area contributed by atoms with Crippen molar-refractivity contribution >= 4 is 18.5 Å². The number of hydrogen-bond donors (Lipinski definition) is 1. The van der Waals surface area contributed by atoms with Crippen molar-refractivity contribution in [3.63, 3.8) is 0 Å². The lowest BCUT2D eigenvalue weighted by atomic mass is 10.0. The van der Waals surface area contributed by atoms with Crippen LogP contribution >= 0.6 is 12.8 Å². The third-order valence-corrected chi connectivity index (χ3v) is 2.86. The Morgan fingerprint density at radius 3 is 2.83 bits per heavy atom. The third-order valence-electron chi connectivity index (χ3n) is 2.45. The zero-order valence-corrected chi connectivity index (χ0v) is 8.36. The largest absolute Gasteiger partial charge is 0.318 e. The maximum Gasteiger partial charge on any atom is 0.0505 e. The van der Waals surface area contributed by atoms with Crippen LogP contribution in [0.15, 0.2) is 12.1 Å². The van der Waals surface area contributed by atoms with Gasteiger partial charge in [0.05, 0.1) is 5.69 Å². The fraction of sp³-hybridized carbons (Fsp3) is 0.400. The summed E-state index contributed by atoms with van der Waals surface area (Å²) in [7, 11) is 0. The summed E-state index contributed by atoms with van der Waals surface area (Å²) in [6, 6.07) is 4.45. The summed E-state index contributed by atoms with van der Waals surface area (Å²) in [4.78, 5) is 0. The first-order chi connectivity index (χ1) is 5.68. The number of aryl methyl sites for hydroxylation is 2. The predicted octanol–water partition coefficient (Wildman–Crippen LogP) is 2.51. The highest BCUT2D eigenvalue weighted by Crippen LogP contribution is 2.32. The Labute approximate surface area is 78.9 Å². The number of fused-ring (bicyclic) bond motifs is 1. The van der Waals surface area contributed by atoms with Gasteiger partial charge in [-0.05, 0) is 43.0 Å². The quantitative estimate of drug-likeness (QED) is 0.599. The fourth-order valence-electron chi connectivity index (χ4n) is 1.87. The van der Waals surface area contributed by atoms with Gasteiger partial charge in [-0.2, -0.15) is 0 Å². The van der Waals surface area contributed by atoms with E-state index in [0.717, 1.165) is 13.0 Å². The summed E-state index contributed by atoms with van der Waals surface area (Å²) in [5, 5.41) is 0. The number of anilines is 1. The molecule has 64 valence electrons. The first-order valence-electron chi connectivity index (χ1n) is 4.25. The van der Waals surface area contributed by atoms with Gasteiger partial charge in [-0.15, -0.1) is 0 Å². The molecule has 0 N–H and O–H groups in total. The van der Waals surface area contributed by atoms with Gasteiger partial charge in [-0.3, -0.25) is 0 Å². The molecule has 0 spiro atoms. The highest BCUT2D eigenvalue weighted by molar-refractivity contribution is 7.81. The van der Waals surface area contributed by atoms with E-state index >= 15 is 0 Å². The van der Waals surface area contributed by atoms with E-state index in [2.05, 4.69) is 38.8 Å². The summed E-state index contributed by atoms with van der Waals surface area (Å²) >= 11 is 4.40. The van der Waals surface area contributed by atoms with E-state index < -0.39 is 0 Å². The molecule has 12 heavy (non-hydrogen) atoms. The Hall–Kier alpha value is -0.630. The van der Waals surface area contributed by atoms with Crippen LogP contribution in [0, 0.1) is 13.8 Å². The Kier molecular flexibility index (Phi) is 1.80. The number of nitrogens with zero attached hydrogens (tertiary/aromatic N) is 1. The van der Waals surface area contributed by atoms with E-state index in [9.17, 15) is 0 Å². The maximum absolute atomic E-state index is 4.40. The van der Waals surface area contributed by atoms with Crippen molar-refractivity contribution in [1.29, 1.82) is 0 Å². The summed E-state index contributed by atoms with van der Waals surface area (Å²) in [6.45, 7) is 5.36. The molecular weight excluding hydrogens is 166 g/mol. The van der Waals surface area contributed by atoms with Crippen LogP contribution in [0.4, 0.5) is 5.69 Å². The second-order valence-corrected chi connectivity index (χ2v) is 3.94. The van der Waals surface area contributed by atoms with Gasteiger partial charge in [0.25, 0.3) is 0 Å². The van der Waals surface area contributed by atoms with Crippen molar-refractivity contribution in [1.82, 2.24) is 0 Å². The van der Waals surface area contributed by atoms with Gasteiger partial charge in [0.15, 0.2) is 0 Å². The number of benzene rings is 1. The minimum atomic E-state index is 1.04. The van der Waals surface area contributed by atoms with E-state index in [-0.39, 0.29) is 0 Å². The molecule has 2 heteroatoms. The summed E-state index contributed by atoms with van der Waals surface area (Å²) in [6.07, 6.45) is 1.14. The number of rotatable bonds is 0. The van der Waals surface area contributed by atoms with Crippen LogP contribution in [0.5, 0.6) is 0 Å². The monoisotopic (exact) mass is 179 g/mol. The molecule has 1 aromatic rings. The van der Waals surface area contributed by atoms with Crippen molar-refractivity contribution in [2.24, 2.45) is 0 Å². The molecule has 0 saturated carbocycles. The molecule has 0 atom stereocenters. The lowest BCUT2D eigenvalue weighted by Gasteiger charge is -2.11. The minimum Gasteiger partial charge on any atom is -0.318 e. The van der Waals surface area contributed by atoms with Gasteiger partial charge in [0.1, 0.15) is 0 Å². The van der Waals surface area contributed by atoms with Crippen LogP contribution in [0.1, 0.15) is 16.7 Å². The second-order valence-electron chi connectivity index (χ2n) is 3.45. The Morgan fingerprint density at radius 1 is 1.33 bits per heavy atom. The van der Waals surface area contributed by atoms with Crippen molar-refractivity contribution in [3.8, 4) is 0 Å². The smallest absolute Gasteiger partial charge is 0.0505 e. The number of thiol groups is 1. The third kappa shape index (κ3) is 1.11. The highest BCUT2D eigenvalue weighted by atomic mass is 32.1. The minimum absolute atomic E-state index is 1.04. The van der Waals surface area contributed by atoms with Gasteiger partial charge in [-0.25, -0.2) is 0 Å². The van der Waals surface area contributed by atoms with Crippen LogP contribution in [-0.2, 0) is 6.42 Å². The average molecular weight is 179 g/mol. The van der Waals surface area contributed by atoms with E-state index in [0.29, 0.717) is 0 Å². The lowest BCUT2D eigenvalue weighted by molar-refractivity contribution is 1.05. The lowest BCUT2D eigenvalue weighted by Crippen LogP contribution is -2.04. The van der Waals surface area contributed by atoms with Crippen LogP contribution in [0.3, 0.4) is 0 Å². The molecule has 0 radical (unpaired) electrons. The van der Waals surface area contributed by atoms with Crippen LogP contribution in [0.2, 0.25) is 0 Å². The van der Waals surface area contributed by atoms with Crippen molar-refractivity contribution in [3.05, 3.63) is 28.8 Å². The van der Waals surface area contributed by atoms with Crippen LogP contribution < -0.4 is 4.31 Å². The molecule has 0 saturated heterocycles. The Morgan fingerprint density at radius 2 is 2.08 bits per heavy atom. The molecule has 2 rings (SSSR count). The zero-order chi connectivity index (χ0) is 8.72. The highest BCUT2D eigenvalue weighted by Gasteiger charge is 2.17. The molecule has 1 aromatic carbocycles. The molecule has 0 aromatic heterocycles. The molecule has 0 bridgehead atoms. The fourth-order valence-corrected chi connectivity index (χ4v) is 2.15. The van der Waals surface area contributed by atoms with Crippen LogP contribution in [-0.4, -0.2) is 6.54 Å². The van der Waals surface area contributed by atoms with Crippen LogP contribution in [0.25, 0.3) is 0 Å². The normalized spacial score (nSPS) is 15.1. The SMILES string of the molecule is Cc1cc(C)c2c(c1)N(S)CC2. The summed E-state index contributed by atoms with van der Waals surface area (Å²) in [5.74, 6) is 0. The van der Waals surface area contributed by atoms with E-state index in [1.54, 1.807) is 0 Å². The molecule has 0 unspecified atom stereocenters. The number of hydrogen-bond acceptors (Lipinski definition) is 2. The Balaban J connectivity index is 2.60. The molecule has 1 aliphatic heterocycles. The van der Waals surface area contributed by atoms with Crippen molar-refractivity contribution in [2.45, 2.75) is 20.3 Å². The molecule has 0 amide bonds. The molecule has 1 heterocycles. The van der Waals surface area contributed by atoms with E-state index in [4.69, 9.17) is 0 Å². The van der Waals surface area contributed by atoms with Crippen molar-refractivity contribution < 1.29 is 0 Å². The van der Waals surface area contributed by atoms with Gasteiger partial charge < -0.3 is 4.31 Å². The summed E-state index contributed by atoms with van der Waals surface area (Å²) in [5.41, 5.74) is 5.50. The summed E-state index contributed by atoms with van der Waals surface area (Å²) < 4.78 is 2.04. The van der Waals surface area contributed by atoms with E-state index in [1.807, 2.05) is 4.31 Å². The molecule has 1 aliphatic rings. The van der Waals surface area contributed by atoms with Gasteiger partial charge in [0.2, 0.25) is 0 Å². The molecule has 0 aliphatic carbocycles. The van der Waals surface area contributed by atoms with Gasteiger partial charge in [0, 0.05) is 6.54 Å². The molecule has 1 nitrogen and oxygen atoms in total.